The van der Waals surface area contributed by atoms with Gasteiger partial charge in [0, 0.05) is 32.7 Å². The van der Waals surface area contributed by atoms with Crippen LogP contribution in [0.25, 0.3) is 0 Å². The summed E-state index contributed by atoms with van der Waals surface area (Å²) < 4.78 is 1.84. The second-order valence-electron chi connectivity index (χ2n) is 3.79. The van der Waals surface area contributed by atoms with Crippen LogP contribution in [0.5, 0.6) is 0 Å². The maximum atomic E-state index is 6.03. The van der Waals surface area contributed by atoms with Gasteiger partial charge in [-0.25, -0.2) is 0 Å². The summed E-state index contributed by atoms with van der Waals surface area (Å²) in [6.45, 7) is 3.01. The second-order valence-corrected chi connectivity index (χ2v) is 4.20. The molecule has 0 saturated carbocycles. The van der Waals surface area contributed by atoms with E-state index in [1.165, 1.54) is 0 Å². The molecule has 0 spiro atoms. The van der Waals surface area contributed by atoms with Gasteiger partial charge in [0.2, 0.25) is 0 Å². The molecule has 0 atom stereocenters. The van der Waals surface area contributed by atoms with Crippen molar-refractivity contribution in [3.8, 4) is 0 Å². The third-order valence-electron chi connectivity index (χ3n) is 2.79. The standard InChI is InChI=1S/C9H15ClN4/c1-13(7-3-11-4-7)6-9-8(10)5-12-14(9)2/h5,7,11H,3-4,6H2,1-2H3. The molecule has 14 heavy (non-hydrogen) atoms. The van der Waals surface area contributed by atoms with E-state index in [0.29, 0.717) is 6.04 Å². The fourth-order valence-corrected chi connectivity index (χ4v) is 1.79. The Balaban J connectivity index is 2.02. The number of hydrogen-bond acceptors (Lipinski definition) is 3. The van der Waals surface area contributed by atoms with Crippen LogP contribution in [0.1, 0.15) is 5.69 Å². The molecule has 5 heteroatoms. The van der Waals surface area contributed by atoms with Gasteiger partial charge in [-0.15, -0.1) is 0 Å². The van der Waals surface area contributed by atoms with Crippen LogP contribution in [0.3, 0.4) is 0 Å². The molecule has 0 amide bonds. The highest BCUT2D eigenvalue weighted by atomic mass is 35.5. The molecular formula is C9H15ClN4. The van der Waals surface area contributed by atoms with Gasteiger partial charge < -0.3 is 5.32 Å². The normalized spacial score (nSPS) is 17.4. The van der Waals surface area contributed by atoms with Crippen molar-refractivity contribution in [2.75, 3.05) is 20.1 Å². The average molecular weight is 215 g/mol. The molecule has 1 N–H and O–H groups in total. The zero-order valence-corrected chi connectivity index (χ0v) is 9.25. The van der Waals surface area contributed by atoms with E-state index in [9.17, 15) is 0 Å². The predicted octanol–water partition coefficient (Wildman–Crippen LogP) is 0.477. The second kappa shape index (κ2) is 3.88. The van der Waals surface area contributed by atoms with Gasteiger partial charge in [-0.2, -0.15) is 5.10 Å². The first kappa shape index (κ1) is 9.96. The Bertz CT molecular complexity index is 299. The van der Waals surface area contributed by atoms with E-state index in [2.05, 4.69) is 22.4 Å². The molecule has 0 aromatic carbocycles. The molecule has 1 saturated heterocycles. The topological polar surface area (TPSA) is 33.1 Å². The number of rotatable bonds is 3. The zero-order chi connectivity index (χ0) is 10.1. The Morgan fingerprint density at radius 3 is 2.86 bits per heavy atom. The average Bonchev–Trinajstić information content (AvgIpc) is 2.32. The van der Waals surface area contributed by atoms with Crippen molar-refractivity contribution in [3.05, 3.63) is 16.9 Å². The lowest BCUT2D eigenvalue weighted by molar-refractivity contribution is 0.169. The number of hydrogen-bond donors (Lipinski definition) is 1. The van der Waals surface area contributed by atoms with Gasteiger partial charge in [-0.1, -0.05) is 11.6 Å². The molecule has 0 bridgehead atoms. The molecule has 2 rings (SSSR count). The highest BCUT2D eigenvalue weighted by Gasteiger charge is 2.22. The third-order valence-corrected chi connectivity index (χ3v) is 3.11. The zero-order valence-electron chi connectivity index (χ0n) is 8.50. The van der Waals surface area contributed by atoms with Crippen molar-refractivity contribution in [1.82, 2.24) is 20.0 Å². The molecule has 1 aliphatic rings. The Morgan fingerprint density at radius 1 is 1.71 bits per heavy atom. The van der Waals surface area contributed by atoms with Gasteiger partial charge in [0.25, 0.3) is 0 Å². The molecule has 0 unspecified atom stereocenters. The van der Waals surface area contributed by atoms with Crippen LogP contribution in [-0.4, -0.2) is 40.9 Å². The van der Waals surface area contributed by atoms with Crippen molar-refractivity contribution >= 4 is 11.6 Å². The first-order valence-electron chi connectivity index (χ1n) is 4.76. The number of likely N-dealkylation sites (N-methyl/N-ethyl adjacent to an activating group) is 1. The van der Waals surface area contributed by atoms with Crippen LogP contribution >= 0.6 is 11.6 Å². The summed E-state index contributed by atoms with van der Waals surface area (Å²) in [5.41, 5.74) is 1.08. The van der Waals surface area contributed by atoms with E-state index in [1.807, 2.05) is 11.7 Å². The summed E-state index contributed by atoms with van der Waals surface area (Å²) in [4.78, 5) is 2.30. The summed E-state index contributed by atoms with van der Waals surface area (Å²) in [6.07, 6.45) is 1.70. The van der Waals surface area contributed by atoms with Crippen molar-refractivity contribution in [1.29, 1.82) is 0 Å². The van der Waals surface area contributed by atoms with Crippen LogP contribution in [-0.2, 0) is 13.6 Å². The summed E-state index contributed by atoms with van der Waals surface area (Å²) in [5.74, 6) is 0. The van der Waals surface area contributed by atoms with Crippen LogP contribution in [0.4, 0.5) is 0 Å². The van der Waals surface area contributed by atoms with Crippen LogP contribution in [0.15, 0.2) is 6.20 Å². The molecule has 2 heterocycles. The first-order valence-corrected chi connectivity index (χ1v) is 5.13. The lowest BCUT2D eigenvalue weighted by atomic mass is 10.1. The van der Waals surface area contributed by atoms with Gasteiger partial charge in [0.15, 0.2) is 0 Å². The largest absolute Gasteiger partial charge is 0.314 e. The van der Waals surface area contributed by atoms with Gasteiger partial charge in [0.1, 0.15) is 0 Å². The van der Waals surface area contributed by atoms with Crippen LogP contribution in [0.2, 0.25) is 5.02 Å². The molecule has 1 fully saturated rings. The summed E-state index contributed by atoms with van der Waals surface area (Å²) in [6, 6.07) is 0.640. The van der Waals surface area contributed by atoms with Gasteiger partial charge in [0.05, 0.1) is 16.9 Å². The van der Waals surface area contributed by atoms with Crippen molar-refractivity contribution in [2.24, 2.45) is 7.05 Å². The maximum absolute atomic E-state index is 6.03. The molecule has 1 aromatic heterocycles. The van der Waals surface area contributed by atoms with Crippen molar-refractivity contribution in [3.63, 3.8) is 0 Å². The summed E-state index contributed by atoms with van der Waals surface area (Å²) in [7, 11) is 4.04. The van der Waals surface area contributed by atoms with E-state index in [1.54, 1.807) is 6.20 Å². The first-order chi connectivity index (χ1) is 6.68. The van der Waals surface area contributed by atoms with Gasteiger partial charge >= 0.3 is 0 Å². The minimum absolute atomic E-state index is 0.640. The third kappa shape index (κ3) is 1.78. The lowest BCUT2D eigenvalue weighted by Crippen LogP contribution is -2.55. The number of aromatic nitrogens is 2. The van der Waals surface area contributed by atoms with E-state index < -0.39 is 0 Å². The summed E-state index contributed by atoms with van der Waals surface area (Å²) >= 11 is 6.03. The fraction of sp³-hybridized carbons (Fsp3) is 0.667. The van der Waals surface area contributed by atoms with Gasteiger partial charge in [-0.3, -0.25) is 9.58 Å². The van der Waals surface area contributed by atoms with Crippen LogP contribution < -0.4 is 5.32 Å². The highest BCUT2D eigenvalue weighted by molar-refractivity contribution is 6.31. The van der Waals surface area contributed by atoms with Crippen LogP contribution in [0, 0.1) is 0 Å². The predicted molar refractivity (Wildman–Crippen MR) is 56.3 cm³/mol. The fourth-order valence-electron chi connectivity index (χ4n) is 1.56. The summed E-state index contributed by atoms with van der Waals surface area (Å²) in [5, 5.41) is 8.12. The molecule has 4 nitrogen and oxygen atoms in total. The lowest BCUT2D eigenvalue weighted by Gasteiger charge is -2.35. The van der Waals surface area contributed by atoms with Crippen molar-refractivity contribution in [2.45, 2.75) is 12.6 Å². The Kier molecular flexibility index (Phi) is 2.76. The molecular weight excluding hydrogens is 200 g/mol. The maximum Gasteiger partial charge on any atom is 0.0831 e. The molecule has 0 aliphatic carbocycles. The van der Waals surface area contributed by atoms with Gasteiger partial charge in [-0.05, 0) is 7.05 Å². The monoisotopic (exact) mass is 214 g/mol. The number of nitrogens with zero attached hydrogens (tertiary/aromatic N) is 3. The Morgan fingerprint density at radius 2 is 2.43 bits per heavy atom. The van der Waals surface area contributed by atoms with Crippen molar-refractivity contribution < 1.29 is 0 Å². The minimum atomic E-state index is 0.640. The molecule has 78 valence electrons. The quantitative estimate of drug-likeness (QED) is 0.795. The smallest absolute Gasteiger partial charge is 0.0831 e. The minimum Gasteiger partial charge on any atom is -0.314 e. The Labute approximate surface area is 88.8 Å². The number of halogens is 1. The molecule has 1 aromatic rings. The molecule has 0 radical (unpaired) electrons. The number of aryl methyl sites for hydroxylation is 1. The van der Waals surface area contributed by atoms with E-state index in [0.717, 1.165) is 30.4 Å². The highest BCUT2D eigenvalue weighted by Crippen LogP contribution is 2.17. The van der Waals surface area contributed by atoms with E-state index in [-0.39, 0.29) is 0 Å². The van der Waals surface area contributed by atoms with E-state index in [4.69, 9.17) is 11.6 Å². The molecule has 1 aliphatic heterocycles. The Hall–Kier alpha value is -0.580. The SMILES string of the molecule is CN(Cc1c(Cl)cnn1C)C1CNC1. The number of nitrogens with one attached hydrogen (secondary N) is 1. The van der Waals surface area contributed by atoms with E-state index >= 15 is 0 Å².